The van der Waals surface area contributed by atoms with Crippen molar-refractivity contribution in [3.63, 3.8) is 0 Å². The van der Waals surface area contributed by atoms with Gasteiger partial charge in [0.1, 0.15) is 17.4 Å². The monoisotopic (exact) mass is 764 g/mol. The van der Waals surface area contributed by atoms with Gasteiger partial charge in [0, 0.05) is 24.1 Å². The first-order valence-corrected chi connectivity index (χ1v) is 19.9. The number of benzene rings is 4. The number of anilines is 1. The molecule has 10 heteroatoms. The van der Waals surface area contributed by atoms with Gasteiger partial charge in [0.05, 0.1) is 25.7 Å². The van der Waals surface area contributed by atoms with Crippen molar-refractivity contribution in [2.24, 2.45) is 17.3 Å². The van der Waals surface area contributed by atoms with Crippen molar-refractivity contribution in [2.45, 2.75) is 84.2 Å². The molecule has 1 heterocycles. The molecule has 6 rings (SSSR count). The number of ketones is 1. The normalized spacial score (nSPS) is 16.2. The molecule has 0 radical (unpaired) electrons. The van der Waals surface area contributed by atoms with Crippen LogP contribution in [-0.2, 0) is 17.6 Å². The maximum Gasteiger partial charge on any atom is 0.200 e. The third-order valence-corrected chi connectivity index (χ3v) is 11.3. The topological polar surface area (TPSA) is 161 Å². The van der Waals surface area contributed by atoms with Gasteiger partial charge in [-0.25, -0.2) is 0 Å². The van der Waals surface area contributed by atoms with E-state index in [2.05, 4.69) is 36.6 Å². The van der Waals surface area contributed by atoms with Crippen LogP contribution in [0.5, 0.6) is 34.5 Å². The molecule has 0 amide bonds. The Labute approximate surface area is 329 Å². The molecule has 0 aromatic heterocycles. The Kier molecular flexibility index (Phi) is 13.0. The van der Waals surface area contributed by atoms with E-state index in [1.54, 1.807) is 36.4 Å². The van der Waals surface area contributed by atoms with E-state index in [1.807, 2.05) is 24.3 Å². The number of aromatic hydroxyl groups is 4. The van der Waals surface area contributed by atoms with E-state index in [0.717, 1.165) is 71.9 Å². The van der Waals surface area contributed by atoms with Crippen LogP contribution in [0.25, 0.3) is 10.8 Å². The standard InChI is InChI=1S/C46H56N2O8/c1-29(2)7-6-22-56-42-25-31(23-40(53)45(42)54)10-17-39(52)44(38(51)16-9-30-8-15-37(50)41(24-30)55-3)46(19-4-5-20-46)34-18-21-47-43(28-34)48-35-13-11-33-27-36(49)14-12-32(33)26-35/h8,11-15,18,23-29,38,44,47-51,53-54H,4-7,9-10,16-17,19-22H2,1-3H3. The predicted octanol–water partition coefficient (Wildman–Crippen LogP) is 8.64. The third-order valence-electron chi connectivity index (χ3n) is 11.3. The van der Waals surface area contributed by atoms with Crippen LogP contribution in [-0.4, -0.2) is 57.7 Å². The van der Waals surface area contributed by atoms with Crippen molar-refractivity contribution >= 4 is 22.2 Å². The average Bonchev–Trinajstić information content (AvgIpc) is 3.68. The zero-order chi connectivity index (χ0) is 39.8. The maximum absolute atomic E-state index is 14.7. The highest BCUT2D eigenvalue weighted by Crippen LogP contribution is 2.53. The van der Waals surface area contributed by atoms with Crippen LogP contribution in [0.2, 0.25) is 0 Å². The molecule has 0 spiro atoms. The number of fused-ring (bicyclic) bond motifs is 1. The SMILES string of the molecule is COc1cc(CCC(O)C(C(=O)CCc2cc(O)c(O)c(OCCCC(C)C)c2)C2(C3=CCNC(Nc4ccc5cc(O)ccc5c4)=C3)CCCC2)ccc1O. The van der Waals surface area contributed by atoms with Gasteiger partial charge in [-0.3, -0.25) is 4.79 Å². The highest BCUT2D eigenvalue weighted by molar-refractivity contribution is 5.87. The number of aliphatic hydroxyl groups is 1. The summed E-state index contributed by atoms with van der Waals surface area (Å²) in [7, 11) is 1.50. The fourth-order valence-corrected chi connectivity index (χ4v) is 8.46. The van der Waals surface area contributed by atoms with Crippen molar-refractivity contribution in [1.29, 1.82) is 0 Å². The fourth-order valence-electron chi connectivity index (χ4n) is 8.46. The van der Waals surface area contributed by atoms with Crippen LogP contribution >= 0.6 is 0 Å². The lowest BCUT2D eigenvalue weighted by Gasteiger charge is -2.42. The molecule has 10 nitrogen and oxygen atoms in total. The van der Waals surface area contributed by atoms with Crippen LogP contribution in [0.3, 0.4) is 0 Å². The van der Waals surface area contributed by atoms with E-state index < -0.39 is 17.4 Å². The van der Waals surface area contributed by atoms with Crippen LogP contribution in [0.15, 0.2) is 90.3 Å². The number of Topliss-reactive ketones (excluding diaryl/α,β-unsaturated/α-hetero) is 1. The summed E-state index contributed by atoms with van der Waals surface area (Å²) in [5.74, 6) is 0.738. The molecule has 4 aromatic rings. The van der Waals surface area contributed by atoms with E-state index in [-0.39, 0.29) is 41.0 Å². The number of dihydropyridines is 1. The molecular formula is C46H56N2O8. The van der Waals surface area contributed by atoms with Crippen molar-refractivity contribution in [3.05, 3.63) is 101 Å². The number of carbonyl (C=O) groups is 1. The zero-order valence-electron chi connectivity index (χ0n) is 32.7. The lowest BCUT2D eigenvalue weighted by molar-refractivity contribution is -0.131. The Morgan fingerprint density at radius 3 is 2.38 bits per heavy atom. The molecule has 1 aliphatic carbocycles. The van der Waals surface area contributed by atoms with Crippen molar-refractivity contribution in [1.82, 2.24) is 5.32 Å². The van der Waals surface area contributed by atoms with Gasteiger partial charge in [-0.2, -0.15) is 0 Å². The van der Waals surface area contributed by atoms with Crippen molar-refractivity contribution < 1.29 is 39.8 Å². The van der Waals surface area contributed by atoms with E-state index in [0.29, 0.717) is 49.6 Å². The molecule has 298 valence electrons. The number of allylic oxidation sites excluding steroid dienone is 2. The summed E-state index contributed by atoms with van der Waals surface area (Å²) in [5.41, 5.74) is 2.83. The van der Waals surface area contributed by atoms with Crippen LogP contribution < -0.4 is 20.1 Å². The van der Waals surface area contributed by atoms with Gasteiger partial charge in [-0.1, -0.05) is 51.0 Å². The smallest absolute Gasteiger partial charge is 0.200 e. The van der Waals surface area contributed by atoms with Crippen LogP contribution in [0.4, 0.5) is 5.69 Å². The maximum atomic E-state index is 14.7. The Balaban J connectivity index is 1.27. The summed E-state index contributed by atoms with van der Waals surface area (Å²) in [6.07, 6.45) is 9.60. The number of methoxy groups -OCH3 is 1. The minimum atomic E-state index is -0.967. The van der Waals surface area contributed by atoms with Gasteiger partial charge in [0.15, 0.2) is 23.0 Å². The molecule has 1 fully saturated rings. The summed E-state index contributed by atoms with van der Waals surface area (Å²) >= 11 is 0. The van der Waals surface area contributed by atoms with Crippen molar-refractivity contribution in [3.8, 4) is 34.5 Å². The molecule has 2 unspecified atom stereocenters. The minimum absolute atomic E-state index is 0.0381. The Morgan fingerprint density at radius 2 is 1.61 bits per heavy atom. The van der Waals surface area contributed by atoms with E-state index in [9.17, 15) is 30.3 Å². The van der Waals surface area contributed by atoms with E-state index in [1.165, 1.54) is 13.2 Å². The number of hydrogen-bond donors (Lipinski definition) is 7. The third kappa shape index (κ3) is 9.53. The molecular weight excluding hydrogens is 709 g/mol. The minimum Gasteiger partial charge on any atom is -0.508 e. The van der Waals surface area contributed by atoms with Gasteiger partial charge in [0.25, 0.3) is 0 Å². The lowest BCUT2D eigenvalue weighted by atomic mass is 9.63. The molecule has 2 atom stereocenters. The Morgan fingerprint density at radius 1 is 0.857 bits per heavy atom. The van der Waals surface area contributed by atoms with Gasteiger partial charge in [-0.15, -0.1) is 0 Å². The van der Waals surface area contributed by atoms with Gasteiger partial charge in [-0.05, 0) is 133 Å². The lowest BCUT2D eigenvalue weighted by Crippen LogP contribution is -2.44. The summed E-state index contributed by atoms with van der Waals surface area (Å²) in [4.78, 5) is 14.7. The first kappa shape index (κ1) is 40.3. The summed E-state index contributed by atoms with van der Waals surface area (Å²) in [6.45, 7) is 5.23. The molecule has 7 N–H and O–H groups in total. The summed E-state index contributed by atoms with van der Waals surface area (Å²) < 4.78 is 11.2. The van der Waals surface area contributed by atoms with Gasteiger partial charge < -0.3 is 45.6 Å². The summed E-state index contributed by atoms with van der Waals surface area (Å²) in [5, 5.41) is 62.2. The van der Waals surface area contributed by atoms with Crippen molar-refractivity contribution in [2.75, 3.05) is 25.6 Å². The fraction of sp³-hybridized carbons (Fsp3) is 0.413. The van der Waals surface area contributed by atoms with E-state index in [4.69, 9.17) is 9.47 Å². The molecule has 1 aliphatic heterocycles. The first-order valence-electron chi connectivity index (χ1n) is 19.9. The molecule has 0 saturated heterocycles. The Bertz CT molecular complexity index is 2070. The largest absolute Gasteiger partial charge is 0.508 e. The first-order chi connectivity index (χ1) is 26.9. The van der Waals surface area contributed by atoms with Crippen LogP contribution in [0.1, 0.15) is 76.3 Å². The molecule has 0 bridgehead atoms. The quantitative estimate of drug-likeness (QED) is 0.0386. The number of hydrogen-bond acceptors (Lipinski definition) is 10. The zero-order valence-corrected chi connectivity index (χ0v) is 32.7. The van der Waals surface area contributed by atoms with E-state index >= 15 is 0 Å². The molecule has 56 heavy (non-hydrogen) atoms. The molecule has 2 aliphatic rings. The Hall–Kier alpha value is -5.35. The molecule has 4 aromatic carbocycles. The highest BCUT2D eigenvalue weighted by Gasteiger charge is 2.49. The van der Waals surface area contributed by atoms with Gasteiger partial charge >= 0.3 is 0 Å². The average molecular weight is 765 g/mol. The number of phenolic OH excluding ortho intramolecular Hbond substituents is 4. The highest BCUT2D eigenvalue weighted by atomic mass is 16.5. The number of rotatable bonds is 18. The second-order valence-corrected chi connectivity index (χ2v) is 15.7. The second kappa shape index (κ2) is 18.1. The number of carbonyl (C=O) groups excluding carboxylic acids is 1. The molecule has 1 saturated carbocycles. The number of phenols is 4. The summed E-state index contributed by atoms with van der Waals surface area (Å²) in [6, 6.07) is 19.5. The van der Waals surface area contributed by atoms with Gasteiger partial charge in [0.2, 0.25) is 5.75 Å². The number of aryl methyl sites for hydroxylation is 2. The second-order valence-electron chi connectivity index (χ2n) is 15.7. The van der Waals surface area contributed by atoms with Crippen LogP contribution in [0, 0.1) is 17.3 Å². The predicted molar refractivity (Wildman–Crippen MR) is 219 cm³/mol. The number of nitrogens with one attached hydrogen (secondary N) is 2. The number of ether oxygens (including phenoxy) is 2. The number of aliphatic hydroxyl groups excluding tert-OH is 1.